The number of amides is 2. The van der Waals surface area contributed by atoms with Crippen molar-refractivity contribution >= 4 is 40.9 Å². The van der Waals surface area contributed by atoms with Crippen LogP contribution in [0, 0.1) is 5.92 Å². The van der Waals surface area contributed by atoms with Crippen molar-refractivity contribution in [2.45, 2.75) is 24.3 Å². The zero-order valence-electron chi connectivity index (χ0n) is 16.6. The second-order valence-corrected chi connectivity index (χ2v) is 9.62. The van der Waals surface area contributed by atoms with Crippen molar-refractivity contribution < 1.29 is 14.0 Å². The maximum Gasteiger partial charge on any atom is 0.246 e. The molecule has 2 saturated heterocycles. The van der Waals surface area contributed by atoms with Crippen LogP contribution >= 0.6 is 23.4 Å². The van der Waals surface area contributed by atoms with E-state index in [0.29, 0.717) is 23.9 Å². The molecule has 0 spiro atoms. The Morgan fingerprint density at radius 2 is 1.87 bits per heavy atom. The lowest BCUT2D eigenvalue weighted by atomic mass is 10.1. The molecule has 1 saturated carbocycles. The van der Waals surface area contributed by atoms with Gasteiger partial charge in [-0.1, -0.05) is 17.7 Å². The van der Waals surface area contributed by atoms with Gasteiger partial charge in [0.2, 0.25) is 11.8 Å². The number of piperazine rings is 1. The molecule has 3 fully saturated rings. The molecule has 2 atom stereocenters. The van der Waals surface area contributed by atoms with Crippen LogP contribution in [0.1, 0.15) is 23.8 Å². The molecule has 2 aliphatic heterocycles. The molecule has 1 aromatic heterocycles. The summed E-state index contributed by atoms with van der Waals surface area (Å²) in [5, 5.41) is 0.576. The highest BCUT2D eigenvalue weighted by Crippen LogP contribution is 2.45. The van der Waals surface area contributed by atoms with Crippen LogP contribution in [0.2, 0.25) is 5.02 Å². The SMILES string of the molecule is O=C(C1CSC(c2ccoc2)N1C(=O)C1CC1)N1CCN(c2cccc(Cl)c2)CC1. The van der Waals surface area contributed by atoms with Gasteiger partial charge < -0.3 is 19.1 Å². The number of nitrogens with zero attached hydrogens (tertiary/aromatic N) is 3. The Morgan fingerprint density at radius 1 is 1.07 bits per heavy atom. The van der Waals surface area contributed by atoms with Crippen LogP contribution in [-0.4, -0.2) is 59.6 Å². The van der Waals surface area contributed by atoms with Crippen molar-refractivity contribution in [1.82, 2.24) is 9.80 Å². The number of hydrogen-bond donors (Lipinski definition) is 0. The normalized spacial score (nSPS) is 24.4. The molecule has 3 aliphatic rings. The second kappa shape index (κ2) is 8.19. The summed E-state index contributed by atoms with van der Waals surface area (Å²) in [5.74, 6) is 0.880. The van der Waals surface area contributed by atoms with E-state index in [9.17, 15) is 9.59 Å². The van der Waals surface area contributed by atoms with Crippen LogP contribution in [-0.2, 0) is 9.59 Å². The summed E-state index contributed by atoms with van der Waals surface area (Å²) in [6, 6.07) is 9.30. The molecular formula is C22H24ClN3O3S. The number of carbonyl (C=O) groups excluding carboxylic acids is 2. The third-order valence-electron chi connectivity index (χ3n) is 6.06. The molecule has 0 radical (unpaired) electrons. The number of carbonyl (C=O) groups is 2. The zero-order valence-corrected chi connectivity index (χ0v) is 18.1. The van der Waals surface area contributed by atoms with Gasteiger partial charge >= 0.3 is 0 Å². The summed E-state index contributed by atoms with van der Waals surface area (Å²) in [5.41, 5.74) is 2.03. The minimum Gasteiger partial charge on any atom is -0.472 e. The fraction of sp³-hybridized carbons (Fsp3) is 0.455. The molecule has 1 aromatic carbocycles. The highest BCUT2D eigenvalue weighted by atomic mass is 35.5. The maximum atomic E-state index is 13.4. The van der Waals surface area contributed by atoms with E-state index in [4.69, 9.17) is 16.0 Å². The fourth-order valence-corrected chi connectivity index (χ4v) is 5.84. The molecule has 2 amide bonds. The Balaban J connectivity index is 1.28. The molecule has 8 heteroatoms. The molecule has 30 heavy (non-hydrogen) atoms. The lowest BCUT2D eigenvalue weighted by Gasteiger charge is -2.38. The van der Waals surface area contributed by atoms with Crippen molar-refractivity contribution in [2.75, 3.05) is 36.8 Å². The predicted molar refractivity (Wildman–Crippen MR) is 118 cm³/mol. The van der Waals surface area contributed by atoms with Gasteiger partial charge in [0, 0.05) is 54.1 Å². The average Bonchev–Trinajstić information content (AvgIpc) is 3.30. The number of halogens is 1. The molecule has 2 aromatic rings. The molecule has 2 unspecified atom stereocenters. The molecule has 0 bridgehead atoms. The fourth-order valence-electron chi connectivity index (χ4n) is 4.25. The van der Waals surface area contributed by atoms with Gasteiger partial charge in [0.15, 0.2) is 0 Å². The van der Waals surface area contributed by atoms with Crippen molar-refractivity contribution in [3.8, 4) is 0 Å². The molecule has 0 N–H and O–H groups in total. The van der Waals surface area contributed by atoms with Gasteiger partial charge in [-0.3, -0.25) is 9.59 Å². The van der Waals surface area contributed by atoms with Gasteiger partial charge in [0.05, 0.1) is 12.5 Å². The highest BCUT2D eigenvalue weighted by Gasteiger charge is 2.48. The lowest BCUT2D eigenvalue weighted by molar-refractivity contribution is -0.145. The standard InChI is InChI=1S/C22H24ClN3O3S/c23-17-2-1-3-18(12-17)24-7-9-25(10-8-24)21(28)19-14-30-22(16-6-11-29-13-16)26(19)20(27)15-4-5-15/h1-3,6,11-13,15,19,22H,4-5,7-10,14H2. The molecular weight excluding hydrogens is 422 g/mol. The van der Waals surface area contributed by atoms with E-state index in [-0.39, 0.29) is 23.1 Å². The number of rotatable bonds is 4. The summed E-state index contributed by atoms with van der Waals surface area (Å²) in [6.07, 6.45) is 5.16. The van der Waals surface area contributed by atoms with E-state index in [0.717, 1.165) is 37.2 Å². The predicted octanol–water partition coefficient (Wildman–Crippen LogP) is 3.63. The Labute approximate surface area is 185 Å². The topological polar surface area (TPSA) is 57.0 Å². The average molecular weight is 446 g/mol. The Kier molecular flexibility index (Phi) is 5.41. The monoisotopic (exact) mass is 445 g/mol. The molecule has 6 nitrogen and oxygen atoms in total. The van der Waals surface area contributed by atoms with Gasteiger partial charge in [-0.25, -0.2) is 0 Å². The first-order valence-corrected chi connectivity index (χ1v) is 11.8. The first-order chi connectivity index (χ1) is 14.6. The van der Waals surface area contributed by atoms with E-state index in [1.54, 1.807) is 24.3 Å². The highest BCUT2D eigenvalue weighted by molar-refractivity contribution is 7.99. The van der Waals surface area contributed by atoms with Crippen LogP contribution in [0.4, 0.5) is 5.69 Å². The van der Waals surface area contributed by atoms with Crippen molar-refractivity contribution in [3.63, 3.8) is 0 Å². The van der Waals surface area contributed by atoms with Gasteiger partial charge in [0.25, 0.3) is 0 Å². The van der Waals surface area contributed by atoms with Crippen molar-refractivity contribution in [1.29, 1.82) is 0 Å². The summed E-state index contributed by atoms with van der Waals surface area (Å²) < 4.78 is 5.24. The van der Waals surface area contributed by atoms with Crippen molar-refractivity contribution in [3.05, 3.63) is 53.4 Å². The maximum absolute atomic E-state index is 13.4. The molecule has 1 aliphatic carbocycles. The number of thioether (sulfide) groups is 1. The number of hydrogen-bond acceptors (Lipinski definition) is 5. The summed E-state index contributed by atoms with van der Waals surface area (Å²) >= 11 is 7.78. The van der Waals surface area contributed by atoms with Gasteiger partial charge in [-0.2, -0.15) is 0 Å². The van der Waals surface area contributed by atoms with E-state index < -0.39 is 6.04 Å². The van der Waals surface area contributed by atoms with E-state index in [1.807, 2.05) is 40.1 Å². The smallest absolute Gasteiger partial charge is 0.246 e. The zero-order chi connectivity index (χ0) is 20.7. The largest absolute Gasteiger partial charge is 0.472 e. The summed E-state index contributed by atoms with van der Waals surface area (Å²) in [6.45, 7) is 2.81. The van der Waals surface area contributed by atoms with E-state index in [1.165, 1.54) is 0 Å². The second-order valence-electron chi connectivity index (χ2n) is 8.07. The van der Waals surface area contributed by atoms with Crippen molar-refractivity contribution in [2.24, 2.45) is 5.92 Å². The lowest BCUT2D eigenvalue weighted by Crippen LogP contribution is -2.55. The van der Waals surface area contributed by atoms with E-state index >= 15 is 0 Å². The Bertz CT molecular complexity index is 925. The number of furan rings is 1. The van der Waals surface area contributed by atoms with E-state index in [2.05, 4.69) is 4.90 Å². The third-order valence-corrected chi connectivity index (χ3v) is 7.62. The van der Waals surface area contributed by atoms with Gasteiger partial charge in [-0.15, -0.1) is 11.8 Å². The first-order valence-electron chi connectivity index (χ1n) is 10.4. The van der Waals surface area contributed by atoms with Crippen LogP contribution in [0.5, 0.6) is 0 Å². The van der Waals surface area contributed by atoms with Gasteiger partial charge in [-0.05, 0) is 37.1 Å². The van der Waals surface area contributed by atoms with Crippen LogP contribution in [0.25, 0.3) is 0 Å². The number of benzene rings is 1. The number of anilines is 1. The van der Waals surface area contributed by atoms with Crippen LogP contribution in [0.15, 0.2) is 47.3 Å². The van der Waals surface area contributed by atoms with Crippen LogP contribution < -0.4 is 4.90 Å². The summed E-state index contributed by atoms with van der Waals surface area (Å²) in [4.78, 5) is 32.5. The first kappa shape index (κ1) is 19.8. The minimum absolute atomic E-state index is 0.0632. The third kappa shape index (κ3) is 3.81. The molecule has 158 valence electrons. The molecule has 3 heterocycles. The molecule has 5 rings (SSSR count). The minimum atomic E-state index is -0.402. The Hall–Kier alpha value is -2.12. The van der Waals surface area contributed by atoms with Crippen LogP contribution in [0.3, 0.4) is 0 Å². The van der Waals surface area contributed by atoms with Gasteiger partial charge in [0.1, 0.15) is 11.4 Å². The summed E-state index contributed by atoms with van der Waals surface area (Å²) in [7, 11) is 0. The quantitative estimate of drug-likeness (QED) is 0.719. The Morgan fingerprint density at radius 3 is 2.53 bits per heavy atom.